The molecular formula is C8H11N3O4. The van der Waals surface area contributed by atoms with Crippen molar-refractivity contribution in [1.29, 1.82) is 0 Å². The molecule has 0 saturated carbocycles. The van der Waals surface area contributed by atoms with Crippen LogP contribution in [0.3, 0.4) is 0 Å². The van der Waals surface area contributed by atoms with E-state index in [1.165, 1.54) is 14.0 Å². The standard InChI is InChI=1S/C8H11N3O4/c1-4-5(3-6(12)13)7(14)10-8(15)11(4)9-2/h9H,3H2,1-2H3,(H,12,13)(H,10,14,15). The Morgan fingerprint density at radius 1 is 1.53 bits per heavy atom. The molecule has 0 unspecified atom stereocenters. The summed E-state index contributed by atoms with van der Waals surface area (Å²) >= 11 is 0. The molecule has 82 valence electrons. The maximum atomic E-state index is 11.3. The molecule has 0 fully saturated rings. The van der Waals surface area contributed by atoms with Crippen LogP contribution in [0.4, 0.5) is 0 Å². The summed E-state index contributed by atoms with van der Waals surface area (Å²) in [5.41, 5.74) is 1.63. The molecule has 7 heteroatoms. The molecule has 0 amide bonds. The van der Waals surface area contributed by atoms with Crippen molar-refractivity contribution in [3.63, 3.8) is 0 Å². The van der Waals surface area contributed by atoms with Gasteiger partial charge in [-0.3, -0.25) is 14.6 Å². The molecule has 3 N–H and O–H groups in total. The highest BCUT2D eigenvalue weighted by atomic mass is 16.4. The third-order valence-electron chi connectivity index (χ3n) is 2.02. The lowest BCUT2D eigenvalue weighted by molar-refractivity contribution is -0.136. The topological polar surface area (TPSA) is 104 Å². The van der Waals surface area contributed by atoms with Crippen LogP contribution in [0.25, 0.3) is 0 Å². The van der Waals surface area contributed by atoms with Gasteiger partial charge < -0.3 is 10.5 Å². The Bertz CT molecular complexity index is 500. The fraction of sp³-hybridized carbons (Fsp3) is 0.375. The van der Waals surface area contributed by atoms with Gasteiger partial charge in [0.1, 0.15) is 0 Å². The lowest BCUT2D eigenvalue weighted by atomic mass is 10.2. The quantitative estimate of drug-likeness (QED) is 0.575. The van der Waals surface area contributed by atoms with Gasteiger partial charge in [0.05, 0.1) is 12.1 Å². The van der Waals surface area contributed by atoms with Crippen LogP contribution in [0.15, 0.2) is 9.59 Å². The van der Waals surface area contributed by atoms with Crippen LogP contribution in [0, 0.1) is 6.92 Å². The first-order valence-electron chi connectivity index (χ1n) is 4.21. The number of aromatic amines is 1. The molecule has 15 heavy (non-hydrogen) atoms. The van der Waals surface area contributed by atoms with Gasteiger partial charge in [0.2, 0.25) is 0 Å². The third kappa shape index (κ3) is 2.06. The molecule has 1 heterocycles. The smallest absolute Gasteiger partial charge is 0.347 e. The lowest BCUT2D eigenvalue weighted by Crippen LogP contribution is -2.38. The van der Waals surface area contributed by atoms with Gasteiger partial charge in [0.25, 0.3) is 5.56 Å². The van der Waals surface area contributed by atoms with E-state index in [-0.39, 0.29) is 5.56 Å². The van der Waals surface area contributed by atoms with Crippen molar-refractivity contribution < 1.29 is 9.90 Å². The van der Waals surface area contributed by atoms with Crippen molar-refractivity contribution in [3.8, 4) is 0 Å². The summed E-state index contributed by atoms with van der Waals surface area (Å²) in [6.07, 6.45) is -0.414. The van der Waals surface area contributed by atoms with Crippen LogP contribution >= 0.6 is 0 Å². The molecule has 0 radical (unpaired) electrons. The first-order valence-corrected chi connectivity index (χ1v) is 4.21. The van der Waals surface area contributed by atoms with E-state index in [9.17, 15) is 14.4 Å². The van der Waals surface area contributed by atoms with Crippen molar-refractivity contribution in [2.24, 2.45) is 0 Å². The van der Waals surface area contributed by atoms with E-state index in [4.69, 9.17) is 5.11 Å². The van der Waals surface area contributed by atoms with Gasteiger partial charge in [0, 0.05) is 12.6 Å². The number of nitrogens with zero attached hydrogens (tertiary/aromatic N) is 1. The Labute approximate surface area is 84.3 Å². The number of rotatable bonds is 3. The maximum absolute atomic E-state index is 11.3. The van der Waals surface area contributed by atoms with Crippen molar-refractivity contribution in [1.82, 2.24) is 9.66 Å². The molecule has 0 atom stereocenters. The molecule has 1 aromatic heterocycles. The van der Waals surface area contributed by atoms with Gasteiger partial charge in [-0.25, -0.2) is 9.47 Å². The number of carbonyl (C=O) groups is 1. The van der Waals surface area contributed by atoms with Gasteiger partial charge >= 0.3 is 11.7 Å². The van der Waals surface area contributed by atoms with E-state index in [1.807, 2.05) is 4.98 Å². The SMILES string of the molecule is CNn1c(C)c(CC(=O)O)c(=O)[nH]c1=O. The number of hydrogen-bond donors (Lipinski definition) is 3. The number of H-pyrrole nitrogens is 1. The van der Waals surface area contributed by atoms with Crippen molar-refractivity contribution in [3.05, 3.63) is 32.1 Å². The zero-order valence-electron chi connectivity index (χ0n) is 8.33. The number of nitrogens with one attached hydrogen (secondary N) is 2. The minimum absolute atomic E-state index is 0.0662. The van der Waals surface area contributed by atoms with E-state index in [1.54, 1.807) is 0 Å². The largest absolute Gasteiger partial charge is 0.481 e. The van der Waals surface area contributed by atoms with E-state index >= 15 is 0 Å². The summed E-state index contributed by atoms with van der Waals surface area (Å²) in [5.74, 6) is -1.12. The fourth-order valence-electron chi connectivity index (χ4n) is 1.31. The van der Waals surface area contributed by atoms with E-state index in [0.717, 1.165) is 4.68 Å². The molecule has 1 rings (SSSR count). The molecule has 1 aromatic rings. The minimum Gasteiger partial charge on any atom is -0.481 e. The van der Waals surface area contributed by atoms with Gasteiger partial charge in [-0.05, 0) is 6.92 Å². The lowest BCUT2D eigenvalue weighted by Gasteiger charge is -2.10. The average molecular weight is 213 g/mol. The number of carboxylic acids is 1. The Balaban J connectivity index is 3.46. The second kappa shape index (κ2) is 3.99. The van der Waals surface area contributed by atoms with Crippen molar-refractivity contribution in [2.75, 3.05) is 12.5 Å². The minimum atomic E-state index is -1.12. The summed E-state index contributed by atoms with van der Waals surface area (Å²) in [4.78, 5) is 35.1. The number of hydrogen-bond acceptors (Lipinski definition) is 4. The Hall–Kier alpha value is -2.05. The van der Waals surface area contributed by atoms with Crippen LogP contribution in [-0.2, 0) is 11.2 Å². The van der Waals surface area contributed by atoms with Crippen molar-refractivity contribution in [2.45, 2.75) is 13.3 Å². The van der Waals surface area contributed by atoms with Crippen LogP contribution in [0.5, 0.6) is 0 Å². The highest BCUT2D eigenvalue weighted by molar-refractivity contribution is 5.70. The monoisotopic (exact) mass is 213 g/mol. The van der Waals surface area contributed by atoms with Gasteiger partial charge in [0.15, 0.2) is 0 Å². The van der Waals surface area contributed by atoms with E-state index in [2.05, 4.69) is 5.43 Å². The summed E-state index contributed by atoms with van der Waals surface area (Å²) in [5, 5.41) is 8.59. The molecule has 0 aliphatic rings. The molecule has 0 bridgehead atoms. The highest BCUT2D eigenvalue weighted by Crippen LogP contribution is 1.98. The second-order valence-electron chi connectivity index (χ2n) is 2.95. The van der Waals surface area contributed by atoms with Gasteiger partial charge in [-0.15, -0.1) is 0 Å². The molecule has 7 nitrogen and oxygen atoms in total. The second-order valence-corrected chi connectivity index (χ2v) is 2.95. The molecule has 0 saturated heterocycles. The molecule has 0 aliphatic heterocycles. The molecule has 0 spiro atoms. The summed E-state index contributed by atoms with van der Waals surface area (Å²) < 4.78 is 1.08. The van der Waals surface area contributed by atoms with Crippen LogP contribution in [0.1, 0.15) is 11.3 Å². The van der Waals surface area contributed by atoms with Gasteiger partial charge in [-0.1, -0.05) is 0 Å². The van der Waals surface area contributed by atoms with Crippen LogP contribution < -0.4 is 16.7 Å². The number of carboxylic acid groups (broad SMARTS) is 1. The van der Waals surface area contributed by atoms with Crippen molar-refractivity contribution >= 4 is 5.97 Å². The summed E-state index contributed by atoms with van der Waals surface area (Å²) in [6, 6.07) is 0. The van der Waals surface area contributed by atoms with E-state index < -0.39 is 23.6 Å². The molecule has 0 aliphatic carbocycles. The normalized spacial score (nSPS) is 10.0. The zero-order valence-corrected chi connectivity index (χ0v) is 8.33. The van der Waals surface area contributed by atoms with Gasteiger partial charge in [-0.2, -0.15) is 0 Å². The van der Waals surface area contributed by atoms with E-state index in [0.29, 0.717) is 5.69 Å². The first-order chi connectivity index (χ1) is 6.97. The predicted molar refractivity (Wildman–Crippen MR) is 52.7 cm³/mol. The Kier molecular flexibility index (Phi) is 2.93. The highest BCUT2D eigenvalue weighted by Gasteiger charge is 2.13. The average Bonchev–Trinajstić information content (AvgIpc) is 2.12. The molecule has 0 aromatic carbocycles. The number of aromatic nitrogens is 2. The predicted octanol–water partition coefficient (Wildman–Crippen LogP) is -1.35. The zero-order chi connectivity index (χ0) is 11.6. The first kappa shape index (κ1) is 11.0. The maximum Gasteiger partial charge on any atom is 0.347 e. The Morgan fingerprint density at radius 3 is 2.60 bits per heavy atom. The summed E-state index contributed by atoms with van der Waals surface area (Å²) in [6.45, 7) is 1.51. The van der Waals surface area contributed by atoms with Crippen LogP contribution in [0.2, 0.25) is 0 Å². The Morgan fingerprint density at radius 2 is 2.13 bits per heavy atom. The number of aliphatic carboxylic acids is 1. The summed E-state index contributed by atoms with van der Waals surface area (Å²) in [7, 11) is 1.50. The fourth-order valence-corrected chi connectivity index (χ4v) is 1.31. The molecular weight excluding hydrogens is 202 g/mol. The third-order valence-corrected chi connectivity index (χ3v) is 2.02. The van der Waals surface area contributed by atoms with Crippen LogP contribution in [-0.4, -0.2) is 27.8 Å².